The van der Waals surface area contributed by atoms with Crippen molar-refractivity contribution < 1.29 is 22.6 Å². The maximum Gasteiger partial charge on any atom is 0.241 e. The van der Waals surface area contributed by atoms with E-state index in [0.717, 1.165) is 25.9 Å². The molecule has 2 aromatic carbocycles. The number of nitrogens with one attached hydrogen (secondary N) is 1. The van der Waals surface area contributed by atoms with Crippen molar-refractivity contribution in [3.8, 4) is 11.5 Å². The highest BCUT2D eigenvalue weighted by molar-refractivity contribution is 7.89. The number of ether oxygens (including phenoxy) is 3. The average molecular weight is 494 g/mol. The van der Waals surface area contributed by atoms with E-state index in [2.05, 4.69) is 17.1 Å². The second-order valence-corrected chi connectivity index (χ2v) is 9.58. The molecular weight excluding hydrogens is 462 g/mol. The fraction of sp³-hybridized carbons (Fsp3) is 0.435. The summed E-state index contributed by atoms with van der Waals surface area (Å²) in [6, 6.07) is 12.1. The van der Waals surface area contributed by atoms with Crippen LogP contribution in [0.15, 0.2) is 47.4 Å². The smallest absolute Gasteiger partial charge is 0.241 e. The molecule has 1 heterocycles. The lowest BCUT2D eigenvalue weighted by molar-refractivity contribution is 0.0318. The Morgan fingerprint density at radius 3 is 2.61 bits per heavy atom. The summed E-state index contributed by atoms with van der Waals surface area (Å²) in [6.45, 7) is 6.93. The van der Waals surface area contributed by atoms with Gasteiger partial charge in [-0.25, -0.2) is 13.6 Å². The predicted molar refractivity (Wildman–Crippen MR) is 133 cm³/mol. The number of hydrogen-bond acceptors (Lipinski definition) is 8. The summed E-state index contributed by atoms with van der Waals surface area (Å²) in [5, 5.41) is 9.04. The van der Waals surface area contributed by atoms with Crippen LogP contribution in [-0.4, -0.2) is 64.4 Å². The molecule has 8 nitrogen and oxygen atoms in total. The van der Waals surface area contributed by atoms with E-state index < -0.39 is 10.0 Å². The van der Waals surface area contributed by atoms with E-state index in [9.17, 15) is 8.42 Å². The lowest BCUT2D eigenvalue weighted by atomic mass is 10.1. The van der Waals surface area contributed by atoms with E-state index >= 15 is 0 Å². The Kier molecular flexibility index (Phi) is 9.45. The van der Waals surface area contributed by atoms with Crippen molar-refractivity contribution in [2.45, 2.75) is 24.7 Å². The van der Waals surface area contributed by atoms with Gasteiger partial charge >= 0.3 is 0 Å². The van der Waals surface area contributed by atoms with Crippen LogP contribution in [0.2, 0.25) is 0 Å². The van der Waals surface area contributed by atoms with Gasteiger partial charge in [0.15, 0.2) is 10.8 Å². The van der Waals surface area contributed by atoms with Gasteiger partial charge in [0.2, 0.25) is 10.0 Å². The molecule has 0 aromatic heterocycles. The Balaban J connectivity index is 1.86. The van der Waals surface area contributed by atoms with Crippen molar-refractivity contribution in [3.63, 3.8) is 0 Å². The van der Waals surface area contributed by atoms with Crippen molar-refractivity contribution in [2.75, 3.05) is 51.3 Å². The van der Waals surface area contributed by atoms with Crippen LogP contribution in [0.1, 0.15) is 25.3 Å². The molecule has 3 rings (SSSR count). The third-order valence-electron chi connectivity index (χ3n) is 5.15. The van der Waals surface area contributed by atoms with Gasteiger partial charge in [-0.1, -0.05) is 31.5 Å². The number of benzene rings is 2. The summed E-state index contributed by atoms with van der Waals surface area (Å²) in [4.78, 5) is 2.08. The molecule has 0 aliphatic carbocycles. The minimum Gasteiger partial charge on any atom is -0.482 e. The zero-order chi connectivity index (χ0) is 23.7. The van der Waals surface area contributed by atoms with E-state index in [1.165, 1.54) is 6.07 Å². The summed E-state index contributed by atoms with van der Waals surface area (Å²) in [7, 11) is -4.10. The van der Waals surface area contributed by atoms with Gasteiger partial charge in [-0.15, -0.1) is 0 Å². The Morgan fingerprint density at radius 1 is 1.21 bits per heavy atom. The van der Waals surface area contributed by atoms with Gasteiger partial charge in [-0.2, -0.15) is 0 Å². The lowest BCUT2D eigenvalue weighted by Gasteiger charge is -2.26. The number of rotatable bonds is 11. The third-order valence-corrected chi connectivity index (χ3v) is 6.42. The predicted octanol–water partition coefficient (Wildman–Crippen LogP) is 3.36. The molecule has 0 amide bonds. The summed E-state index contributed by atoms with van der Waals surface area (Å²) >= 11 is 5.47. The lowest BCUT2D eigenvalue weighted by Crippen LogP contribution is -2.38. The van der Waals surface area contributed by atoms with Crippen LogP contribution in [0, 0.1) is 0 Å². The van der Waals surface area contributed by atoms with Crippen molar-refractivity contribution in [3.05, 3.63) is 48.0 Å². The molecule has 0 unspecified atom stereocenters. The minimum atomic E-state index is -4.10. The van der Waals surface area contributed by atoms with Crippen LogP contribution >= 0.6 is 12.2 Å². The first kappa shape index (κ1) is 25.4. The van der Waals surface area contributed by atoms with Crippen molar-refractivity contribution in [2.24, 2.45) is 5.14 Å². The van der Waals surface area contributed by atoms with Crippen LogP contribution in [0.25, 0.3) is 0 Å². The summed E-state index contributed by atoms with van der Waals surface area (Å²) in [6.07, 6.45) is 1.88. The standard InChI is InChI=1S/C23H31N3O5S2/c1-2-3-9-25-20-16-18(23(32)30-15-12-26-10-13-29-14-11-26)17-21(33(24,27)28)22(20)31-19-7-5-4-6-8-19/h4-8,16-17,25H,2-3,9-15H2,1H3,(H2,24,27,28). The normalized spacial score (nSPS) is 14.6. The number of nitrogens with two attached hydrogens (primary N) is 1. The van der Waals surface area contributed by atoms with E-state index in [1.807, 2.05) is 18.2 Å². The molecule has 1 aliphatic rings. The zero-order valence-corrected chi connectivity index (χ0v) is 20.4. The average Bonchev–Trinajstić information content (AvgIpc) is 2.80. The molecule has 0 atom stereocenters. The Bertz CT molecular complexity index is 1030. The summed E-state index contributed by atoms with van der Waals surface area (Å²) < 4.78 is 42.1. The third kappa shape index (κ3) is 7.65. The van der Waals surface area contributed by atoms with E-state index in [4.69, 9.17) is 31.6 Å². The first-order valence-electron chi connectivity index (χ1n) is 11.0. The van der Waals surface area contributed by atoms with E-state index in [1.54, 1.807) is 18.2 Å². The molecule has 33 heavy (non-hydrogen) atoms. The number of thiocarbonyl (C=S) groups is 1. The molecule has 3 N–H and O–H groups in total. The van der Waals surface area contributed by atoms with E-state index in [-0.39, 0.29) is 15.7 Å². The van der Waals surface area contributed by atoms with Crippen LogP contribution < -0.4 is 15.2 Å². The van der Waals surface area contributed by atoms with Gasteiger partial charge in [0, 0.05) is 31.7 Å². The molecule has 1 fully saturated rings. The summed E-state index contributed by atoms with van der Waals surface area (Å²) in [5.41, 5.74) is 0.948. The SMILES string of the molecule is CCCCNc1cc(C(=S)OCCN2CCOCC2)cc(S(N)(=O)=O)c1Oc1ccccc1. The quantitative estimate of drug-likeness (QED) is 0.363. The number of nitrogens with zero attached hydrogens (tertiary/aromatic N) is 1. The zero-order valence-electron chi connectivity index (χ0n) is 18.8. The molecule has 1 saturated heterocycles. The van der Waals surface area contributed by atoms with Gasteiger partial charge in [-0.3, -0.25) is 4.90 Å². The molecular formula is C23H31N3O5S2. The van der Waals surface area contributed by atoms with Crippen molar-refractivity contribution in [1.29, 1.82) is 0 Å². The number of anilines is 1. The Labute approximate surface area is 201 Å². The number of para-hydroxylation sites is 1. The first-order chi connectivity index (χ1) is 15.9. The van der Waals surface area contributed by atoms with Crippen LogP contribution in [0.5, 0.6) is 11.5 Å². The van der Waals surface area contributed by atoms with Gasteiger partial charge in [0.05, 0.1) is 18.9 Å². The Hall–Kier alpha value is -2.24. The van der Waals surface area contributed by atoms with Crippen LogP contribution in [0.4, 0.5) is 5.69 Å². The number of sulfonamides is 1. The fourth-order valence-corrected chi connectivity index (χ4v) is 4.25. The number of hydrogen-bond donors (Lipinski definition) is 2. The second kappa shape index (κ2) is 12.3. The largest absolute Gasteiger partial charge is 0.482 e. The molecule has 0 spiro atoms. The van der Waals surface area contributed by atoms with Crippen LogP contribution in [-0.2, 0) is 19.5 Å². The Morgan fingerprint density at radius 2 is 1.94 bits per heavy atom. The molecule has 2 aromatic rings. The number of morpholine rings is 1. The highest BCUT2D eigenvalue weighted by Gasteiger charge is 2.23. The molecule has 1 aliphatic heterocycles. The van der Waals surface area contributed by atoms with Crippen LogP contribution in [0.3, 0.4) is 0 Å². The fourth-order valence-electron chi connectivity index (χ4n) is 3.35. The number of unbranched alkanes of at least 4 members (excludes halogenated alkanes) is 1. The number of primary sulfonamides is 1. The summed E-state index contributed by atoms with van der Waals surface area (Å²) in [5.74, 6) is 0.637. The van der Waals surface area contributed by atoms with Gasteiger partial charge in [0.25, 0.3) is 0 Å². The highest BCUT2D eigenvalue weighted by Crippen LogP contribution is 2.37. The van der Waals surface area contributed by atoms with Gasteiger partial charge < -0.3 is 19.5 Å². The maximum atomic E-state index is 12.5. The highest BCUT2D eigenvalue weighted by atomic mass is 32.2. The maximum absolute atomic E-state index is 12.5. The first-order valence-corrected chi connectivity index (χ1v) is 13.0. The topological polar surface area (TPSA) is 103 Å². The minimum absolute atomic E-state index is 0.139. The monoisotopic (exact) mass is 493 g/mol. The molecule has 0 bridgehead atoms. The second-order valence-electron chi connectivity index (χ2n) is 7.68. The molecule has 0 radical (unpaired) electrons. The molecule has 180 valence electrons. The van der Waals surface area contributed by atoms with Crippen molar-refractivity contribution in [1.82, 2.24) is 4.90 Å². The molecule has 10 heteroatoms. The van der Waals surface area contributed by atoms with Gasteiger partial charge in [-0.05, 0) is 42.9 Å². The van der Waals surface area contributed by atoms with Gasteiger partial charge in [0.1, 0.15) is 17.3 Å². The van der Waals surface area contributed by atoms with E-state index in [0.29, 0.717) is 49.9 Å². The van der Waals surface area contributed by atoms with Crippen molar-refractivity contribution >= 4 is 33.0 Å². The molecule has 0 saturated carbocycles.